The standard InChI is InChI=1S/C18H20N2O2S/c1-13-6-4-10-20(12-13)18(22)14-7-2-3-8-15(14)19-17(21)16-9-5-11-23-16/h2-3,5,7-9,11,13H,4,6,10,12H2,1H3,(H,19,21)/t13-/m0/s1. The molecule has 0 bridgehead atoms. The topological polar surface area (TPSA) is 49.4 Å². The fourth-order valence-electron chi connectivity index (χ4n) is 2.91. The summed E-state index contributed by atoms with van der Waals surface area (Å²) in [6.45, 7) is 3.74. The Hall–Kier alpha value is -2.14. The third-order valence-corrected chi connectivity index (χ3v) is 4.96. The average Bonchev–Trinajstić information content (AvgIpc) is 3.09. The normalized spacial score (nSPS) is 17.8. The van der Waals surface area contributed by atoms with Gasteiger partial charge >= 0.3 is 0 Å². The summed E-state index contributed by atoms with van der Waals surface area (Å²) in [5, 5.41) is 4.73. The van der Waals surface area contributed by atoms with Crippen LogP contribution in [0.25, 0.3) is 0 Å². The van der Waals surface area contributed by atoms with Gasteiger partial charge in [0.15, 0.2) is 0 Å². The summed E-state index contributed by atoms with van der Waals surface area (Å²) in [4.78, 5) is 27.6. The number of piperidine rings is 1. The first-order valence-corrected chi connectivity index (χ1v) is 8.76. The number of carbonyl (C=O) groups is 2. The van der Waals surface area contributed by atoms with Crippen LogP contribution in [0.2, 0.25) is 0 Å². The number of hydrogen-bond donors (Lipinski definition) is 1. The first-order chi connectivity index (χ1) is 11.1. The molecule has 0 radical (unpaired) electrons. The smallest absolute Gasteiger partial charge is 0.265 e. The van der Waals surface area contributed by atoms with Crippen molar-refractivity contribution in [2.75, 3.05) is 18.4 Å². The summed E-state index contributed by atoms with van der Waals surface area (Å²) < 4.78 is 0. The van der Waals surface area contributed by atoms with Crippen LogP contribution in [0, 0.1) is 5.92 Å². The highest BCUT2D eigenvalue weighted by Gasteiger charge is 2.24. The molecule has 0 spiro atoms. The van der Waals surface area contributed by atoms with E-state index in [9.17, 15) is 9.59 Å². The highest BCUT2D eigenvalue weighted by atomic mass is 32.1. The van der Waals surface area contributed by atoms with Crippen LogP contribution >= 0.6 is 11.3 Å². The largest absolute Gasteiger partial charge is 0.338 e. The lowest BCUT2D eigenvalue weighted by molar-refractivity contribution is 0.0684. The Balaban J connectivity index is 1.80. The van der Waals surface area contributed by atoms with Gasteiger partial charge in [0.05, 0.1) is 16.1 Å². The SMILES string of the molecule is C[C@H]1CCCN(C(=O)c2ccccc2NC(=O)c2cccs2)C1. The van der Waals surface area contributed by atoms with Gasteiger partial charge in [-0.25, -0.2) is 0 Å². The molecule has 0 unspecified atom stereocenters. The third-order valence-electron chi connectivity index (χ3n) is 4.09. The van der Waals surface area contributed by atoms with Crippen LogP contribution < -0.4 is 5.32 Å². The van der Waals surface area contributed by atoms with Gasteiger partial charge in [-0.3, -0.25) is 9.59 Å². The molecule has 0 aliphatic carbocycles. The molecule has 5 heteroatoms. The van der Waals surface area contributed by atoms with Gasteiger partial charge in [0, 0.05) is 13.1 Å². The number of rotatable bonds is 3. The molecule has 4 nitrogen and oxygen atoms in total. The van der Waals surface area contributed by atoms with Crippen molar-refractivity contribution < 1.29 is 9.59 Å². The molecule has 1 aromatic heterocycles. The molecule has 1 fully saturated rings. The van der Waals surface area contributed by atoms with Crippen molar-refractivity contribution in [3.63, 3.8) is 0 Å². The van der Waals surface area contributed by atoms with Crippen molar-refractivity contribution in [3.8, 4) is 0 Å². The van der Waals surface area contributed by atoms with Crippen LogP contribution in [0.15, 0.2) is 41.8 Å². The zero-order valence-electron chi connectivity index (χ0n) is 13.1. The van der Waals surface area contributed by atoms with Crippen LogP contribution in [0.5, 0.6) is 0 Å². The Morgan fingerprint density at radius 1 is 1.22 bits per heavy atom. The molecule has 1 aromatic carbocycles. The molecule has 1 N–H and O–H groups in total. The van der Waals surface area contributed by atoms with Gasteiger partial charge < -0.3 is 10.2 Å². The Labute approximate surface area is 140 Å². The highest BCUT2D eigenvalue weighted by Crippen LogP contribution is 2.23. The van der Waals surface area contributed by atoms with Gasteiger partial charge in [-0.2, -0.15) is 0 Å². The molecule has 2 amide bonds. The fourth-order valence-corrected chi connectivity index (χ4v) is 3.53. The highest BCUT2D eigenvalue weighted by molar-refractivity contribution is 7.12. The zero-order chi connectivity index (χ0) is 16.2. The second-order valence-corrected chi connectivity index (χ2v) is 6.92. The Kier molecular flexibility index (Phi) is 4.76. The van der Waals surface area contributed by atoms with Gasteiger partial charge in [0.25, 0.3) is 11.8 Å². The van der Waals surface area contributed by atoms with E-state index in [0.29, 0.717) is 22.0 Å². The van der Waals surface area contributed by atoms with E-state index in [1.807, 2.05) is 28.5 Å². The van der Waals surface area contributed by atoms with E-state index >= 15 is 0 Å². The summed E-state index contributed by atoms with van der Waals surface area (Å²) in [6.07, 6.45) is 2.21. The first-order valence-electron chi connectivity index (χ1n) is 7.88. The van der Waals surface area contributed by atoms with Gasteiger partial charge in [0.1, 0.15) is 0 Å². The van der Waals surface area contributed by atoms with Gasteiger partial charge in [-0.15, -0.1) is 11.3 Å². The summed E-state index contributed by atoms with van der Waals surface area (Å²) in [5.41, 5.74) is 1.14. The quantitative estimate of drug-likeness (QED) is 0.930. The summed E-state index contributed by atoms with van der Waals surface area (Å²) >= 11 is 1.39. The maximum Gasteiger partial charge on any atom is 0.265 e. The molecule has 3 rings (SSSR count). The van der Waals surface area contributed by atoms with E-state index in [1.54, 1.807) is 18.2 Å². The van der Waals surface area contributed by atoms with Gasteiger partial charge in [0.2, 0.25) is 0 Å². The fraction of sp³-hybridized carbons (Fsp3) is 0.333. The minimum absolute atomic E-state index is 0.00127. The summed E-state index contributed by atoms with van der Waals surface area (Å²) in [6, 6.07) is 10.8. The predicted molar refractivity (Wildman–Crippen MR) is 93.0 cm³/mol. The lowest BCUT2D eigenvalue weighted by Crippen LogP contribution is -2.39. The number of carbonyl (C=O) groups excluding carboxylic acids is 2. The maximum absolute atomic E-state index is 12.8. The third kappa shape index (κ3) is 3.62. The Morgan fingerprint density at radius 2 is 2.04 bits per heavy atom. The van der Waals surface area contributed by atoms with Gasteiger partial charge in [-0.1, -0.05) is 25.1 Å². The number of nitrogens with one attached hydrogen (secondary N) is 1. The molecular weight excluding hydrogens is 308 g/mol. The van der Waals surface area contributed by atoms with Crippen LogP contribution in [0.1, 0.15) is 39.8 Å². The lowest BCUT2D eigenvalue weighted by Gasteiger charge is -2.31. The molecule has 1 aliphatic heterocycles. The van der Waals surface area contributed by atoms with Crippen molar-refractivity contribution in [1.29, 1.82) is 0 Å². The number of anilines is 1. The van der Waals surface area contributed by atoms with Crippen LogP contribution in [0.3, 0.4) is 0 Å². The van der Waals surface area contributed by atoms with Crippen LogP contribution in [-0.2, 0) is 0 Å². The van der Waals surface area contributed by atoms with Crippen molar-refractivity contribution >= 4 is 28.8 Å². The molecule has 23 heavy (non-hydrogen) atoms. The van der Waals surface area contributed by atoms with E-state index in [0.717, 1.165) is 19.5 Å². The molecule has 1 saturated heterocycles. The van der Waals surface area contributed by atoms with Crippen molar-refractivity contribution in [1.82, 2.24) is 4.90 Å². The summed E-state index contributed by atoms with van der Waals surface area (Å²) in [7, 11) is 0. The molecule has 2 heterocycles. The number of amides is 2. The lowest BCUT2D eigenvalue weighted by atomic mass is 9.99. The van der Waals surface area contributed by atoms with Gasteiger partial charge in [-0.05, 0) is 42.3 Å². The molecule has 1 atom stereocenters. The number of para-hydroxylation sites is 1. The van der Waals surface area contributed by atoms with Crippen molar-refractivity contribution in [2.45, 2.75) is 19.8 Å². The molecule has 1 aliphatic rings. The van der Waals surface area contributed by atoms with E-state index in [-0.39, 0.29) is 11.8 Å². The Morgan fingerprint density at radius 3 is 2.78 bits per heavy atom. The summed E-state index contributed by atoms with van der Waals surface area (Å²) in [5.74, 6) is 0.353. The maximum atomic E-state index is 12.8. The van der Waals surface area contributed by atoms with E-state index in [1.165, 1.54) is 17.8 Å². The first kappa shape index (κ1) is 15.7. The Bertz CT molecular complexity index is 697. The molecule has 0 saturated carbocycles. The van der Waals surface area contributed by atoms with Crippen LogP contribution in [0.4, 0.5) is 5.69 Å². The number of benzene rings is 1. The zero-order valence-corrected chi connectivity index (χ0v) is 13.9. The van der Waals surface area contributed by atoms with E-state index in [2.05, 4.69) is 12.2 Å². The average molecular weight is 328 g/mol. The molecular formula is C18H20N2O2S. The van der Waals surface area contributed by atoms with E-state index < -0.39 is 0 Å². The number of hydrogen-bond acceptors (Lipinski definition) is 3. The monoisotopic (exact) mass is 328 g/mol. The van der Waals surface area contributed by atoms with Crippen LogP contribution in [-0.4, -0.2) is 29.8 Å². The molecule has 120 valence electrons. The minimum atomic E-state index is -0.174. The second kappa shape index (κ2) is 6.96. The number of nitrogens with zero attached hydrogens (tertiary/aromatic N) is 1. The number of likely N-dealkylation sites (tertiary alicyclic amines) is 1. The van der Waals surface area contributed by atoms with Crippen molar-refractivity contribution in [2.24, 2.45) is 5.92 Å². The number of thiophene rings is 1. The van der Waals surface area contributed by atoms with Crippen molar-refractivity contribution in [3.05, 3.63) is 52.2 Å². The molecule has 2 aromatic rings. The second-order valence-electron chi connectivity index (χ2n) is 5.98. The van der Waals surface area contributed by atoms with E-state index in [4.69, 9.17) is 0 Å². The predicted octanol–water partition coefficient (Wildman–Crippen LogP) is 3.87. The minimum Gasteiger partial charge on any atom is -0.338 e.